The lowest BCUT2D eigenvalue weighted by Gasteiger charge is -2.17. The summed E-state index contributed by atoms with van der Waals surface area (Å²) in [4.78, 5) is 13.9. The van der Waals surface area contributed by atoms with Crippen molar-refractivity contribution in [3.63, 3.8) is 0 Å². The molecule has 0 radical (unpaired) electrons. The molecule has 1 amide bonds. The number of hydrogen-bond acceptors (Lipinski definition) is 4. The van der Waals surface area contributed by atoms with E-state index in [0.29, 0.717) is 13.0 Å². The maximum absolute atomic E-state index is 11.5. The largest absolute Gasteiger partial charge is 0.323 e. The van der Waals surface area contributed by atoms with Crippen LogP contribution in [-0.2, 0) is 11.3 Å². The zero-order chi connectivity index (χ0) is 14.1. The van der Waals surface area contributed by atoms with Gasteiger partial charge in [0.05, 0.1) is 18.4 Å². The molecule has 6 nitrogen and oxygen atoms in total. The Morgan fingerprint density at radius 1 is 1.42 bits per heavy atom. The van der Waals surface area contributed by atoms with Crippen LogP contribution in [0, 0.1) is 0 Å². The van der Waals surface area contributed by atoms with Crippen LogP contribution in [0.5, 0.6) is 0 Å². The maximum atomic E-state index is 11.5. The molecule has 0 unspecified atom stereocenters. The Kier molecular flexibility index (Phi) is 7.14. The fourth-order valence-corrected chi connectivity index (χ4v) is 1.80. The zero-order valence-corrected chi connectivity index (χ0v) is 12.1. The van der Waals surface area contributed by atoms with E-state index in [-0.39, 0.29) is 5.91 Å². The van der Waals surface area contributed by atoms with Crippen LogP contribution in [0.4, 0.5) is 5.69 Å². The minimum atomic E-state index is 0.0117. The van der Waals surface area contributed by atoms with E-state index in [4.69, 9.17) is 0 Å². The van der Waals surface area contributed by atoms with Gasteiger partial charge in [-0.3, -0.25) is 9.48 Å². The van der Waals surface area contributed by atoms with E-state index in [1.807, 2.05) is 17.9 Å². The molecule has 19 heavy (non-hydrogen) atoms. The SMILES string of the molecule is CCN(CC)CCn1cc(NC(=O)CCNC)cn1. The highest BCUT2D eigenvalue weighted by atomic mass is 16.1. The summed E-state index contributed by atoms with van der Waals surface area (Å²) < 4.78 is 1.87. The average molecular weight is 267 g/mol. The highest BCUT2D eigenvalue weighted by Gasteiger charge is 2.05. The molecule has 0 aliphatic heterocycles. The Morgan fingerprint density at radius 2 is 2.16 bits per heavy atom. The predicted molar refractivity (Wildman–Crippen MR) is 77.2 cm³/mol. The summed E-state index contributed by atoms with van der Waals surface area (Å²) in [5.74, 6) is 0.0117. The van der Waals surface area contributed by atoms with Crippen LogP contribution in [0.15, 0.2) is 12.4 Å². The molecule has 1 rings (SSSR count). The summed E-state index contributed by atoms with van der Waals surface area (Å²) >= 11 is 0. The molecule has 0 spiro atoms. The van der Waals surface area contributed by atoms with Crippen molar-refractivity contribution in [1.29, 1.82) is 0 Å². The second-order valence-electron chi connectivity index (χ2n) is 4.42. The van der Waals surface area contributed by atoms with Crippen molar-refractivity contribution in [3.8, 4) is 0 Å². The van der Waals surface area contributed by atoms with Gasteiger partial charge in [0.15, 0.2) is 0 Å². The van der Waals surface area contributed by atoms with Crippen molar-refractivity contribution in [1.82, 2.24) is 20.0 Å². The fourth-order valence-electron chi connectivity index (χ4n) is 1.80. The summed E-state index contributed by atoms with van der Waals surface area (Å²) in [6, 6.07) is 0. The highest BCUT2D eigenvalue weighted by molar-refractivity contribution is 5.90. The topological polar surface area (TPSA) is 62.2 Å². The van der Waals surface area contributed by atoms with E-state index in [2.05, 4.69) is 34.5 Å². The Labute approximate surface area is 115 Å². The average Bonchev–Trinajstić information content (AvgIpc) is 2.85. The summed E-state index contributed by atoms with van der Waals surface area (Å²) in [5, 5.41) is 10.0. The van der Waals surface area contributed by atoms with Gasteiger partial charge in [0, 0.05) is 25.7 Å². The molecule has 0 bridgehead atoms. The predicted octanol–water partition coefficient (Wildman–Crippen LogP) is 0.773. The third-order valence-electron chi connectivity index (χ3n) is 3.06. The summed E-state index contributed by atoms with van der Waals surface area (Å²) in [6.45, 7) is 8.90. The quantitative estimate of drug-likeness (QED) is 0.694. The van der Waals surface area contributed by atoms with Gasteiger partial charge >= 0.3 is 0 Å². The molecular formula is C13H25N5O. The molecule has 0 saturated carbocycles. The molecule has 0 saturated heterocycles. The number of carbonyl (C=O) groups is 1. The third kappa shape index (κ3) is 5.85. The lowest BCUT2D eigenvalue weighted by molar-refractivity contribution is -0.116. The van der Waals surface area contributed by atoms with Crippen LogP contribution in [0.2, 0.25) is 0 Å². The smallest absolute Gasteiger partial charge is 0.225 e. The minimum absolute atomic E-state index is 0.0117. The Balaban J connectivity index is 2.37. The Bertz CT molecular complexity index is 373. The van der Waals surface area contributed by atoms with E-state index in [1.165, 1.54) is 0 Å². The molecule has 0 atom stereocenters. The number of anilines is 1. The number of nitrogens with zero attached hydrogens (tertiary/aromatic N) is 3. The first-order valence-corrected chi connectivity index (χ1v) is 6.88. The van der Waals surface area contributed by atoms with Crippen molar-refractivity contribution in [2.45, 2.75) is 26.8 Å². The van der Waals surface area contributed by atoms with E-state index in [1.54, 1.807) is 6.20 Å². The molecule has 6 heteroatoms. The van der Waals surface area contributed by atoms with E-state index in [9.17, 15) is 4.79 Å². The zero-order valence-electron chi connectivity index (χ0n) is 12.1. The van der Waals surface area contributed by atoms with Crippen LogP contribution >= 0.6 is 0 Å². The van der Waals surface area contributed by atoms with Gasteiger partial charge < -0.3 is 15.5 Å². The number of likely N-dealkylation sites (N-methyl/N-ethyl adjacent to an activating group) is 1. The van der Waals surface area contributed by atoms with Crippen molar-refractivity contribution in [3.05, 3.63) is 12.4 Å². The first-order valence-electron chi connectivity index (χ1n) is 6.88. The molecular weight excluding hydrogens is 242 g/mol. The third-order valence-corrected chi connectivity index (χ3v) is 3.06. The van der Waals surface area contributed by atoms with Crippen molar-refractivity contribution >= 4 is 11.6 Å². The summed E-state index contributed by atoms with van der Waals surface area (Å²) in [7, 11) is 1.83. The summed E-state index contributed by atoms with van der Waals surface area (Å²) in [6.07, 6.45) is 4.04. The molecule has 1 heterocycles. The minimum Gasteiger partial charge on any atom is -0.323 e. The number of nitrogens with one attached hydrogen (secondary N) is 2. The van der Waals surface area contributed by atoms with Gasteiger partial charge in [-0.15, -0.1) is 0 Å². The lowest BCUT2D eigenvalue weighted by Crippen LogP contribution is -2.27. The maximum Gasteiger partial charge on any atom is 0.225 e. The summed E-state index contributed by atoms with van der Waals surface area (Å²) in [5.41, 5.74) is 0.764. The second kappa shape index (κ2) is 8.66. The molecule has 0 aliphatic rings. The van der Waals surface area contributed by atoms with Gasteiger partial charge in [0.1, 0.15) is 0 Å². The van der Waals surface area contributed by atoms with Crippen LogP contribution in [0.3, 0.4) is 0 Å². The van der Waals surface area contributed by atoms with Crippen molar-refractivity contribution in [2.24, 2.45) is 0 Å². The van der Waals surface area contributed by atoms with Crippen molar-refractivity contribution < 1.29 is 4.79 Å². The monoisotopic (exact) mass is 267 g/mol. The van der Waals surface area contributed by atoms with Crippen LogP contribution in [0.25, 0.3) is 0 Å². The lowest BCUT2D eigenvalue weighted by atomic mass is 10.4. The first kappa shape index (κ1) is 15.7. The Morgan fingerprint density at radius 3 is 2.79 bits per heavy atom. The number of hydrogen-bond donors (Lipinski definition) is 2. The van der Waals surface area contributed by atoms with E-state index in [0.717, 1.165) is 31.9 Å². The van der Waals surface area contributed by atoms with Gasteiger partial charge in [-0.1, -0.05) is 13.8 Å². The second-order valence-corrected chi connectivity index (χ2v) is 4.42. The normalized spacial score (nSPS) is 10.9. The molecule has 0 fully saturated rings. The van der Waals surface area contributed by atoms with E-state index >= 15 is 0 Å². The number of rotatable bonds is 9. The molecule has 108 valence electrons. The standard InChI is InChI=1S/C13H25N5O/c1-4-17(5-2)8-9-18-11-12(10-15-18)16-13(19)6-7-14-3/h10-11,14H,4-9H2,1-3H3,(H,16,19). The molecule has 1 aromatic rings. The number of aromatic nitrogens is 2. The van der Waals surface area contributed by atoms with E-state index < -0.39 is 0 Å². The van der Waals surface area contributed by atoms with Crippen LogP contribution in [-0.4, -0.2) is 53.8 Å². The van der Waals surface area contributed by atoms with Gasteiger partial charge in [-0.25, -0.2) is 0 Å². The molecule has 0 aromatic carbocycles. The molecule has 0 aliphatic carbocycles. The number of carbonyl (C=O) groups excluding carboxylic acids is 1. The van der Waals surface area contributed by atoms with Gasteiger partial charge in [0.2, 0.25) is 5.91 Å². The number of amides is 1. The molecule has 1 aromatic heterocycles. The highest BCUT2D eigenvalue weighted by Crippen LogP contribution is 2.05. The van der Waals surface area contributed by atoms with Gasteiger partial charge in [-0.05, 0) is 20.1 Å². The molecule has 2 N–H and O–H groups in total. The fraction of sp³-hybridized carbons (Fsp3) is 0.692. The van der Waals surface area contributed by atoms with Gasteiger partial charge in [-0.2, -0.15) is 5.10 Å². The van der Waals surface area contributed by atoms with Crippen LogP contribution < -0.4 is 10.6 Å². The van der Waals surface area contributed by atoms with Crippen molar-refractivity contribution in [2.75, 3.05) is 38.5 Å². The van der Waals surface area contributed by atoms with Gasteiger partial charge in [0.25, 0.3) is 0 Å². The van der Waals surface area contributed by atoms with Crippen LogP contribution in [0.1, 0.15) is 20.3 Å². The first-order chi connectivity index (χ1) is 9.19. The Hall–Kier alpha value is -1.40.